The van der Waals surface area contributed by atoms with E-state index in [-0.39, 0.29) is 18.1 Å². The zero-order chi connectivity index (χ0) is 15.5. The van der Waals surface area contributed by atoms with Crippen molar-refractivity contribution in [2.24, 2.45) is 0 Å². The lowest BCUT2D eigenvalue weighted by molar-refractivity contribution is 0.0883. The van der Waals surface area contributed by atoms with Crippen molar-refractivity contribution in [3.05, 3.63) is 29.8 Å². The van der Waals surface area contributed by atoms with Crippen molar-refractivity contribution in [2.75, 3.05) is 0 Å². The van der Waals surface area contributed by atoms with Gasteiger partial charge in [-0.25, -0.2) is 0 Å². The van der Waals surface area contributed by atoms with Gasteiger partial charge in [0.2, 0.25) is 0 Å². The molecule has 1 saturated carbocycles. The topological polar surface area (TPSA) is 84.8 Å². The first-order valence-electron chi connectivity index (χ1n) is 7.68. The number of aromatic amines is 1. The second-order valence-electron chi connectivity index (χ2n) is 5.59. The Bertz CT molecular complexity index is 634. The van der Waals surface area contributed by atoms with Crippen LogP contribution in [0.25, 0.3) is 0 Å². The number of carbonyl (C=O) groups excluding carboxylic acids is 1. The molecule has 2 aromatic rings. The van der Waals surface area contributed by atoms with E-state index < -0.39 is 0 Å². The zero-order valence-corrected chi connectivity index (χ0v) is 12.9. The molecule has 2 atom stereocenters. The molecule has 0 bridgehead atoms. The molecule has 7 nitrogen and oxygen atoms in total. The number of amides is 1. The molecule has 22 heavy (non-hydrogen) atoms. The van der Waals surface area contributed by atoms with Crippen molar-refractivity contribution < 1.29 is 9.53 Å². The number of rotatable bonds is 5. The minimum absolute atomic E-state index is 0.0133. The Kier molecular flexibility index (Phi) is 4.13. The van der Waals surface area contributed by atoms with Gasteiger partial charge in [-0.05, 0) is 39.2 Å². The number of aromatic nitrogens is 4. The largest absolute Gasteiger partial charge is 0.485 e. The highest BCUT2D eigenvalue weighted by atomic mass is 16.5. The lowest BCUT2D eigenvalue weighted by Gasteiger charge is -2.21. The maximum Gasteiger partial charge on any atom is 0.269 e. The van der Waals surface area contributed by atoms with Crippen LogP contribution in [-0.4, -0.2) is 38.0 Å². The lowest BCUT2D eigenvalue weighted by Crippen LogP contribution is -2.43. The highest BCUT2D eigenvalue weighted by Crippen LogP contribution is 2.24. The third-order valence-corrected chi connectivity index (χ3v) is 3.96. The number of nitrogens with zero attached hydrogens (tertiary/aromatic N) is 3. The average Bonchev–Trinajstić information content (AvgIpc) is 3.21. The summed E-state index contributed by atoms with van der Waals surface area (Å²) in [4.78, 5) is 12.5. The van der Waals surface area contributed by atoms with Crippen molar-refractivity contribution in [1.82, 2.24) is 25.3 Å². The van der Waals surface area contributed by atoms with Gasteiger partial charge in [-0.1, -0.05) is 0 Å². The Labute approximate surface area is 129 Å². The molecule has 0 radical (unpaired) electrons. The highest BCUT2D eigenvalue weighted by Gasteiger charge is 2.31. The minimum atomic E-state index is -0.0878. The molecule has 2 heterocycles. The maximum absolute atomic E-state index is 12.5. The predicted molar refractivity (Wildman–Crippen MR) is 80.7 cm³/mol. The molecular formula is C15H21N5O2. The van der Waals surface area contributed by atoms with Gasteiger partial charge in [-0.2, -0.15) is 10.2 Å². The molecule has 0 aliphatic heterocycles. The molecule has 1 aliphatic rings. The third-order valence-electron chi connectivity index (χ3n) is 3.96. The van der Waals surface area contributed by atoms with Gasteiger partial charge in [0.15, 0.2) is 5.75 Å². The van der Waals surface area contributed by atoms with Crippen molar-refractivity contribution in [2.45, 2.75) is 51.8 Å². The minimum Gasteiger partial charge on any atom is -0.485 e. The molecule has 7 heteroatoms. The Morgan fingerprint density at radius 1 is 1.55 bits per heavy atom. The third kappa shape index (κ3) is 2.98. The van der Waals surface area contributed by atoms with Crippen LogP contribution >= 0.6 is 0 Å². The number of hydrogen-bond acceptors (Lipinski definition) is 4. The molecule has 0 spiro atoms. The van der Waals surface area contributed by atoms with Crippen LogP contribution in [0.5, 0.6) is 5.75 Å². The highest BCUT2D eigenvalue weighted by molar-refractivity contribution is 5.93. The summed E-state index contributed by atoms with van der Waals surface area (Å²) in [5, 5.41) is 14.0. The molecule has 1 fully saturated rings. The molecule has 1 amide bonds. The second-order valence-corrected chi connectivity index (χ2v) is 5.59. The summed E-state index contributed by atoms with van der Waals surface area (Å²) in [6.45, 7) is 4.54. The SMILES string of the molecule is CCn1nc(C)cc1C(=O)N[C@H]1CCC[C@H]1Oc1cn[nH]c1. The van der Waals surface area contributed by atoms with E-state index in [9.17, 15) is 4.79 Å². The fourth-order valence-electron chi connectivity index (χ4n) is 2.92. The molecule has 2 N–H and O–H groups in total. The van der Waals surface area contributed by atoms with Crippen LogP contribution in [0.1, 0.15) is 42.4 Å². The van der Waals surface area contributed by atoms with Gasteiger partial charge in [-0.15, -0.1) is 0 Å². The normalized spacial score (nSPS) is 21.0. The van der Waals surface area contributed by atoms with Gasteiger partial charge >= 0.3 is 0 Å². The number of nitrogens with one attached hydrogen (secondary N) is 2. The first kappa shape index (κ1) is 14.6. The molecule has 2 aromatic heterocycles. The molecular weight excluding hydrogens is 282 g/mol. The summed E-state index contributed by atoms with van der Waals surface area (Å²) >= 11 is 0. The van der Waals surface area contributed by atoms with Crippen LogP contribution in [0.4, 0.5) is 0 Å². The number of hydrogen-bond donors (Lipinski definition) is 2. The van der Waals surface area contributed by atoms with E-state index in [0.717, 1.165) is 25.0 Å². The number of carbonyl (C=O) groups is 1. The Hall–Kier alpha value is -2.31. The van der Waals surface area contributed by atoms with Crippen molar-refractivity contribution in [1.29, 1.82) is 0 Å². The standard InChI is InChI=1S/C15H21N5O2/c1-3-20-13(7-10(2)19-20)15(21)18-12-5-4-6-14(12)22-11-8-16-17-9-11/h7-9,12,14H,3-6H2,1-2H3,(H,16,17)(H,18,21)/t12-,14+/m0/s1. The first-order valence-corrected chi connectivity index (χ1v) is 7.68. The number of ether oxygens (including phenoxy) is 1. The fraction of sp³-hybridized carbons (Fsp3) is 0.533. The Balaban J connectivity index is 1.67. The van der Waals surface area contributed by atoms with Gasteiger partial charge in [0.25, 0.3) is 5.91 Å². The van der Waals surface area contributed by atoms with Crippen LogP contribution in [0, 0.1) is 6.92 Å². The summed E-state index contributed by atoms with van der Waals surface area (Å²) in [5.41, 5.74) is 1.46. The molecule has 1 aliphatic carbocycles. The Morgan fingerprint density at radius 2 is 2.41 bits per heavy atom. The van der Waals surface area contributed by atoms with E-state index in [1.807, 2.05) is 19.9 Å². The summed E-state index contributed by atoms with van der Waals surface area (Å²) in [6.07, 6.45) is 6.25. The van der Waals surface area contributed by atoms with Crippen LogP contribution in [0.2, 0.25) is 0 Å². The van der Waals surface area contributed by atoms with Gasteiger partial charge in [0, 0.05) is 6.54 Å². The lowest BCUT2D eigenvalue weighted by atomic mass is 10.2. The van der Waals surface area contributed by atoms with E-state index in [0.29, 0.717) is 18.0 Å². The Morgan fingerprint density at radius 3 is 3.14 bits per heavy atom. The zero-order valence-electron chi connectivity index (χ0n) is 12.9. The van der Waals surface area contributed by atoms with Crippen LogP contribution in [0.15, 0.2) is 18.5 Å². The predicted octanol–water partition coefficient (Wildman–Crippen LogP) is 1.66. The quantitative estimate of drug-likeness (QED) is 0.880. The van der Waals surface area contributed by atoms with Crippen molar-refractivity contribution in [3.8, 4) is 5.75 Å². The fourth-order valence-corrected chi connectivity index (χ4v) is 2.92. The van der Waals surface area contributed by atoms with E-state index >= 15 is 0 Å². The van der Waals surface area contributed by atoms with Crippen molar-refractivity contribution >= 4 is 5.91 Å². The molecule has 118 valence electrons. The average molecular weight is 303 g/mol. The van der Waals surface area contributed by atoms with Gasteiger partial charge < -0.3 is 10.1 Å². The number of aryl methyl sites for hydroxylation is 2. The van der Waals surface area contributed by atoms with E-state index in [4.69, 9.17) is 4.74 Å². The molecule has 3 rings (SSSR count). The van der Waals surface area contributed by atoms with E-state index in [1.165, 1.54) is 0 Å². The molecule has 0 unspecified atom stereocenters. The smallest absolute Gasteiger partial charge is 0.269 e. The number of H-pyrrole nitrogens is 1. The summed E-state index contributed by atoms with van der Waals surface area (Å²) < 4.78 is 7.62. The van der Waals surface area contributed by atoms with Crippen LogP contribution in [-0.2, 0) is 6.54 Å². The summed E-state index contributed by atoms with van der Waals surface area (Å²) in [5.74, 6) is 0.621. The maximum atomic E-state index is 12.5. The van der Waals surface area contributed by atoms with Crippen LogP contribution < -0.4 is 10.1 Å². The van der Waals surface area contributed by atoms with Gasteiger partial charge in [0.05, 0.1) is 24.1 Å². The summed E-state index contributed by atoms with van der Waals surface area (Å²) in [7, 11) is 0. The van der Waals surface area contributed by atoms with Gasteiger partial charge in [0.1, 0.15) is 11.8 Å². The van der Waals surface area contributed by atoms with Gasteiger partial charge in [-0.3, -0.25) is 14.6 Å². The second kappa shape index (κ2) is 6.21. The summed E-state index contributed by atoms with van der Waals surface area (Å²) in [6, 6.07) is 1.84. The van der Waals surface area contributed by atoms with E-state index in [1.54, 1.807) is 17.1 Å². The monoisotopic (exact) mass is 303 g/mol. The van der Waals surface area contributed by atoms with Crippen LogP contribution in [0.3, 0.4) is 0 Å². The van der Waals surface area contributed by atoms with E-state index in [2.05, 4.69) is 20.6 Å². The van der Waals surface area contributed by atoms with Crippen molar-refractivity contribution in [3.63, 3.8) is 0 Å². The first-order chi connectivity index (χ1) is 10.7. The molecule has 0 saturated heterocycles. The molecule has 0 aromatic carbocycles.